The lowest BCUT2D eigenvalue weighted by atomic mass is 10.1. The fraction of sp³-hybridized carbons (Fsp3) is 0.462. The first-order valence-corrected chi connectivity index (χ1v) is 6.08. The quantitative estimate of drug-likeness (QED) is 0.615. The van der Waals surface area contributed by atoms with Gasteiger partial charge in [0.15, 0.2) is 6.10 Å². The molecule has 1 aromatic rings. The summed E-state index contributed by atoms with van der Waals surface area (Å²) in [5.41, 5.74) is 6.12. The zero-order chi connectivity index (χ0) is 12.5. The molecule has 3 unspecified atom stereocenters. The fourth-order valence-corrected chi connectivity index (χ4v) is 2.44. The van der Waals surface area contributed by atoms with E-state index in [2.05, 4.69) is 0 Å². The smallest absolute Gasteiger partial charge is 0.150 e. The number of nitrogens with one attached hydrogen (secondary N) is 1. The lowest BCUT2D eigenvalue weighted by molar-refractivity contribution is 0.0308. The minimum absolute atomic E-state index is 0.0333. The van der Waals surface area contributed by atoms with E-state index in [-0.39, 0.29) is 24.1 Å². The van der Waals surface area contributed by atoms with Crippen molar-refractivity contribution < 1.29 is 14.2 Å². The number of hydrogen-bond acceptors (Lipinski definition) is 4. The number of nitrogen functional groups attached to an aromatic ring is 1. The van der Waals surface area contributed by atoms with Gasteiger partial charge in [-0.1, -0.05) is 12.1 Å². The maximum Gasteiger partial charge on any atom is 0.150 e. The van der Waals surface area contributed by atoms with Gasteiger partial charge in [-0.25, -0.2) is 0 Å². The standard InChI is InChI=1S/C13H16N2O3/c14-13(15)8-2-1-3-9(6-8)18-11-7-17-10-4-5-16-12(10)11/h1-3,6,10-12H,4-5,7H2,(H3,14,15). The van der Waals surface area contributed by atoms with Crippen LogP contribution in [0.2, 0.25) is 0 Å². The Hall–Kier alpha value is -1.59. The van der Waals surface area contributed by atoms with Gasteiger partial charge in [0.1, 0.15) is 17.7 Å². The van der Waals surface area contributed by atoms with E-state index in [0.717, 1.165) is 13.0 Å². The first kappa shape index (κ1) is 11.5. The molecule has 3 N–H and O–H groups in total. The summed E-state index contributed by atoms with van der Waals surface area (Å²) in [6.07, 6.45) is 1.08. The highest BCUT2D eigenvalue weighted by molar-refractivity contribution is 5.95. The maximum absolute atomic E-state index is 7.41. The molecule has 0 amide bonds. The Balaban J connectivity index is 1.72. The molecule has 2 heterocycles. The topological polar surface area (TPSA) is 77.6 Å². The average Bonchev–Trinajstić information content (AvgIpc) is 2.94. The van der Waals surface area contributed by atoms with Crippen molar-refractivity contribution in [3.8, 4) is 5.75 Å². The Bertz CT molecular complexity index is 463. The SMILES string of the molecule is N=C(N)c1cccc(OC2COC3CCOC32)c1. The predicted molar refractivity (Wildman–Crippen MR) is 66.0 cm³/mol. The minimum Gasteiger partial charge on any atom is -0.485 e. The van der Waals surface area contributed by atoms with Crippen molar-refractivity contribution in [1.82, 2.24) is 0 Å². The van der Waals surface area contributed by atoms with Crippen molar-refractivity contribution in [2.75, 3.05) is 13.2 Å². The van der Waals surface area contributed by atoms with Gasteiger partial charge in [0.25, 0.3) is 0 Å². The normalized spacial score (nSPS) is 30.1. The number of rotatable bonds is 3. The third-order valence-electron chi connectivity index (χ3n) is 3.35. The predicted octanol–water partition coefficient (Wildman–Crippen LogP) is 0.906. The molecule has 18 heavy (non-hydrogen) atoms. The van der Waals surface area contributed by atoms with Gasteiger partial charge in [-0.05, 0) is 18.6 Å². The van der Waals surface area contributed by atoms with Crippen LogP contribution in [-0.4, -0.2) is 37.4 Å². The van der Waals surface area contributed by atoms with E-state index in [0.29, 0.717) is 17.9 Å². The number of amidine groups is 1. The van der Waals surface area contributed by atoms with Gasteiger partial charge in [0.2, 0.25) is 0 Å². The second-order valence-electron chi connectivity index (χ2n) is 4.59. The molecule has 0 spiro atoms. The molecule has 0 aromatic heterocycles. The fourth-order valence-electron chi connectivity index (χ4n) is 2.44. The molecule has 3 rings (SSSR count). The van der Waals surface area contributed by atoms with E-state index in [1.165, 1.54) is 0 Å². The van der Waals surface area contributed by atoms with E-state index in [1.807, 2.05) is 12.1 Å². The van der Waals surface area contributed by atoms with Crippen molar-refractivity contribution in [1.29, 1.82) is 5.41 Å². The number of fused-ring (bicyclic) bond motifs is 1. The Kier molecular flexibility index (Phi) is 2.93. The van der Waals surface area contributed by atoms with Crippen molar-refractivity contribution in [3.63, 3.8) is 0 Å². The van der Waals surface area contributed by atoms with Crippen molar-refractivity contribution >= 4 is 5.84 Å². The average molecular weight is 248 g/mol. The van der Waals surface area contributed by atoms with Crippen molar-refractivity contribution in [3.05, 3.63) is 29.8 Å². The summed E-state index contributed by atoms with van der Waals surface area (Å²) in [5.74, 6) is 0.741. The number of ether oxygens (including phenoxy) is 3. The molecule has 5 nitrogen and oxygen atoms in total. The number of nitrogens with two attached hydrogens (primary N) is 1. The first-order chi connectivity index (χ1) is 8.74. The second-order valence-corrected chi connectivity index (χ2v) is 4.59. The zero-order valence-corrected chi connectivity index (χ0v) is 9.96. The lowest BCUT2D eigenvalue weighted by Gasteiger charge is -2.18. The van der Waals surface area contributed by atoms with Crippen molar-refractivity contribution in [2.24, 2.45) is 5.73 Å². The molecule has 2 fully saturated rings. The Labute approximate surface area is 105 Å². The Morgan fingerprint density at radius 1 is 1.39 bits per heavy atom. The van der Waals surface area contributed by atoms with Crippen LogP contribution < -0.4 is 10.5 Å². The second kappa shape index (κ2) is 4.59. The van der Waals surface area contributed by atoms with Gasteiger partial charge in [0, 0.05) is 12.2 Å². The summed E-state index contributed by atoms with van der Waals surface area (Å²) in [6, 6.07) is 7.24. The largest absolute Gasteiger partial charge is 0.485 e. The monoisotopic (exact) mass is 248 g/mol. The van der Waals surface area contributed by atoms with Crippen molar-refractivity contribution in [2.45, 2.75) is 24.7 Å². The van der Waals surface area contributed by atoms with Crippen LogP contribution in [0.4, 0.5) is 0 Å². The van der Waals surface area contributed by atoms with Crippen LogP contribution in [0.25, 0.3) is 0 Å². The molecule has 0 radical (unpaired) electrons. The molecule has 2 saturated heterocycles. The van der Waals surface area contributed by atoms with Gasteiger partial charge in [-0.2, -0.15) is 0 Å². The summed E-state index contributed by atoms with van der Waals surface area (Å²) < 4.78 is 17.1. The van der Waals surface area contributed by atoms with Gasteiger partial charge in [0.05, 0.1) is 12.7 Å². The number of benzene rings is 1. The van der Waals surface area contributed by atoms with Gasteiger partial charge in [-0.3, -0.25) is 5.41 Å². The van der Waals surface area contributed by atoms with E-state index < -0.39 is 0 Å². The molecular formula is C13H16N2O3. The van der Waals surface area contributed by atoms with E-state index in [1.54, 1.807) is 12.1 Å². The van der Waals surface area contributed by atoms with Gasteiger partial charge in [-0.15, -0.1) is 0 Å². The van der Waals surface area contributed by atoms with Crippen LogP contribution >= 0.6 is 0 Å². The molecule has 2 aliphatic rings. The molecule has 1 aromatic carbocycles. The van der Waals surface area contributed by atoms with Crippen LogP contribution in [0, 0.1) is 5.41 Å². The molecule has 2 aliphatic heterocycles. The molecule has 96 valence electrons. The van der Waals surface area contributed by atoms with E-state index in [4.69, 9.17) is 25.4 Å². The minimum atomic E-state index is -0.0697. The molecule has 0 bridgehead atoms. The number of hydrogen-bond donors (Lipinski definition) is 2. The lowest BCUT2D eigenvalue weighted by Crippen LogP contribution is -2.32. The van der Waals surface area contributed by atoms with Crippen LogP contribution in [0.3, 0.4) is 0 Å². The molecule has 0 saturated carbocycles. The third-order valence-corrected chi connectivity index (χ3v) is 3.35. The van der Waals surface area contributed by atoms with Crippen LogP contribution in [0.15, 0.2) is 24.3 Å². The van der Waals surface area contributed by atoms with Gasteiger partial charge >= 0.3 is 0 Å². The maximum atomic E-state index is 7.41. The molecule has 3 atom stereocenters. The highest BCUT2D eigenvalue weighted by Crippen LogP contribution is 2.29. The summed E-state index contributed by atoms with van der Waals surface area (Å²) in [4.78, 5) is 0. The highest BCUT2D eigenvalue weighted by Gasteiger charge is 2.43. The van der Waals surface area contributed by atoms with Crippen LogP contribution in [-0.2, 0) is 9.47 Å². The van der Waals surface area contributed by atoms with E-state index in [9.17, 15) is 0 Å². The summed E-state index contributed by atoms with van der Waals surface area (Å²) in [7, 11) is 0. The molecule has 5 heteroatoms. The zero-order valence-electron chi connectivity index (χ0n) is 9.96. The third kappa shape index (κ3) is 2.07. The summed E-state index contributed by atoms with van der Waals surface area (Å²) in [5, 5.41) is 7.41. The summed E-state index contributed by atoms with van der Waals surface area (Å²) in [6.45, 7) is 1.29. The van der Waals surface area contributed by atoms with Crippen LogP contribution in [0.5, 0.6) is 5.75 Å². The summed E-state index contributed by atoms with van der Waals surface area (Å²) >= 11 is 0. The highest BCUT2D eigenvalue weighted by atomic mass is 16.6. The molecule has 0 aliphatic carbocycles. The first-order valence-electron chi connectivity index (χ1n) is 6.08. The van der Waals surface area contributed by atoms with Gasteiger partial charge < -0.3 is 19.9 Å². The molecular weight excluding hydrogens is 232 g/mol. The van der Waals surface area contributed by atoms with Crippen LogP contribution in [0.1, 0.15) is 12.0 Å². The van der Waals surface area contributed by atoms with E-state index >= 15 is 0 Å². The Morgan fingerprint density at radius 2 is 2.28 bits per heavy atom. The Morgan fingerprint density at radius 3 is 3.11 bits per heavy atom.